The van der Waals surface area contributed by atoms with E-state index in [1.165, 1.54) is 0 Å². The summed E-state index contributed by atoms with van der Waals surface area (Å²) in [5.74, 6) is 1.63. The molecule has 0 bridgehead atoms. The summed E-state index contributed by atoms with van der Waals surface area (Å²) in [6.45, 7) is 0.221. The number of hydrogen-bond acceptors (Lipinski definition) is 5. The van der Waals surface area contributed by atoms with Crippen LogP contribution in [0.3, 0.4) is 0 Å². The summed E-state index contributed by atoms with van der Waals surface area (Å²) in [7, 11) is 0. The van der Waals surface area contributed by atoms with Gasteiger partial charge >= 0.3 is 0 Å². The number of nitrogens with zero attached hydrogens (tertiary/aromatic N) is 1. The molecule has 7 heteroatoms. The maximum atomic E-state index is 10.5. The van der Waals surface area contributed by atoms with Crippen molar-refractivity contribution in [2.24, 2.45) is 4.99 Å². The zero-order valence-electron chi connectivity index (χ0n) is 15.8. The fraction of sp³-hybridized carbons (Fsp3) is 0.174. The van der Waals surface area contributed by atoms with Crippen LogP contribution in [0.1, 0.15) is 35.3 Å². The van der Waals surface area contributed by atoms with E-state index in [2.05, 4.69) is 5.32 Å². The second-order valence-corrected chi connectivity index (χ2v) is 8.10. The fourth-order valence-corrected chi connectivity index (χ4v) is 4.08. The number of fused-ring (bicyclic) bond motifs is 1. The molecule has 2 N–H and O–H groups in total. The molecule has 5 rings (SSSR count). The Balaban J connectivity index is 1.56. The summed E-state index contributed by atoms with van der Waals surface area (Å²) >= 11 is 12.3. The Morgan fingerprint density at radius 2 is 1.67 bits per heavy atom. The number of nitrogens with one attached hydrogen (secondary N) is 1. The number of ether oxygens (including phenoxy) is 2. The average Bonchev–Trinajstić information content (AvgIpc) is 3.23. The smallest absolute Gasteiger partial charge is 0.231 e. The molecule has 0 fully saturated rings. The van der Waals surface area contributed by atoms with E-state index in [4.69, 9.17) is 37.7 Å². The molecule has 152 valence electrons. The molecule has 2 aliphatic rings. The Morgan fingerprint density at radius 1 is 0.900 bits per heavy atom. The molecule has 0 radical (unpaired) electrons. The van der Waals surface area contributed by atoms with Gasteiger partial charge in [-0.2, -0.15) is 0 Å². The molecule has 3 aromatic rings. The Morgan fingerprint density at radius 3 is 2.50 bits per heavy atom. The van der Waals surface area contributed by atoms with E-state index in [1.807, 2.05) is 42.5 Å². The molecule has 0 saturated carbocycles. The van der Waals surface area contributed by atoms with Crippen molar-refractivity contribution in [3.8, 4) is 17.2 Å². The minimum Gasteiger partial charge on any atom is -0.508 e. The number of phenolic OH excluding ortho intramolecular Hbond substituents is 1. The third kappa shape index (κ3) is 3.72. The summed E-state index contributed by atoms with van der Waals surface area (Å²) in [6.07, 6.45) is 0.275. The predicted molar refractivity (Wildman–Crippen MR) is 117 cm³/mol. The van der Waals surface area contributed by atoms with Crippen LogP contribution in [-0.2, 0) is 0 Å². The molecule has 30 heavy (non-hydrogen) atoms. The van der Waals surface area contributed by atoms with Crippen LogP contribution < -0.4 is 14.8 Å². The van der Waals surface area contributed by atoms with Crippen LogP contribution in [0, 0.1) is 0 Å². The Kier molecular flexibility index (Phi) is 5.03. The van der Waals surface area contributed by atoms with Gasteiger partial charge in [0.1, 0.15) is 11.9 Å². The average molecular weight is 441 g/mol. The molecule has 2 atom stereocenters. The third-order valence-electron chi connectivity index (χ3n) is 5.30. The molecule has 0 saturated heterocycles. The molecule has 0 aliphatic carbocycles. The monoisotopic (exact) mass is 440 g/mol. The number of benzene rings is 3. The number of halogens is 2. The maximum Gasteiger partial charge on any atom is 0.231 e. The predicted octanol–water partition coefficient (Wildman–Crippen LogP) is 5.65. The van der Waals surface area contributed by atoms with Crippen LogP contribution in [0.15, 0.2) is 65.7 Å². The van der Waals surface area contributed by atoms with Crippen molar-refractivity contribution in [2.75, 3.05) is 6.79 Å². The van der Waals surface area contributed by atoms with Crippen molar-refractivity contribution in [2.45, 2.75) is 18.6 Å². The molecule has 0 amide bonds. The Hall–Kier alpha value is -2.73. The first-order valence-electron chi connectivity index (χ1n) is 9.53. The second kappa shape index (κ2) is 7.84. The van der Waals surface area contributed by atoms with Gasteiger partial charge in [0.15, 0.2) is 11.5 Å². The van der Waals surface area contributed by atoms with Crippen molar-refractivity contribution in [3.05, 3.63) is 87.4 Å². The largest absolute Gasteiger partial charge is 0.508 e. The Bertz CT molecular complexity index is 1130. The summed E-state index contributed by atoms with van der Waals surface area (Å²) in [5, 5.41) is 15.2. The van der Waals surface area contributed by atoms with Crippen molar-refractivity contribution in [3.63, 3.8) is 0 Å². The van der Waals surface area contributed by atoms with Gasteiger partial charge in [0.05, 0.1) is 0 Å². The van der Waals surface area contributed by atoms with Crippen LogP contribution in [0.2, 0.25) is 10.0 Å². The molecule has 5 nitrogen and oxygen atoms in total. The van der Waals surface area contributed by atoms with Crippen molar-refractivity contribution in [1.82, 2.24) is 5.32 Å². The highest BCUT2D eigenvalue weighted by molar-refractivity contribution is 6.30. The number of phenols is 1. The standard InChI is InChI=1S/C23H18Cl2N2O3/c24-15-4-1-13(2-5-15)23-26-18(14-3-8-21-22(9-14)30-12-29-21)11-19(27-23)17-10-16(25)6-7-20(17)28/h1-10,19,23,27-28H,11-12H2/t19-,23+/m1/s1. The van der Waals surface area contributed by atoms with Crippen LogP contribution in [0.4, 0.5) is 0 Å². The summed E-state index contributed by atoms with van der Waals surface area (Å²) in [6, 6.07) is 18.3. The number of rotatable bonds is 3. The van der Waals surface area contributed by atoms with E-state index in [0.29, 0.717) is 22.2 Å². The number of aromatic hydroxyl groups is 1. The number of aliphatic imine (C=N–C) groups is 1. The van der Waals surface area contributed by atoms with Crippen molar-refractivity contribution < 1.29 is 14.6 Å². The SMILES string of the molecule is Oc1ccc(Cl)cc1[C@H]1CC(c2ccc3c(c2)OCO3)=N[C@H](c2ccc(Cl)cc2)N1. The van der Waals surface area contributed by atoms with Gasteiger partial charge in [0.2, 0.25) is 6.79 Å². The molecule has 3 aromatic carbocycles. The number of hydrogen-bond donors (Lipinski definition) is 2. The van der Waals surface area contributed by atoms with Crippen molar-refractivity contribution >= 4 is 28.9 Å². The first kappa shape index (κ1) is 19.2. The quantitative estimate of drug-likeness (QED) is 0.552. The molecular formula is C23H18Cl2N2O3. The van der Waals surface area contributed by atoms with Gasteiger partial charge in [-0.3, -0.25) is 10.3 Å². The van der Waals surface area contributed by atoms with Crippen LogP contribution in [0.5, 0.6) is 17.2 Å². The highest BCUT2D eigenvalue weighted by Crippen LogP contribution is 2.38. The highest BCUT2D eigenvalue weighted by atomic mass is 35.5. The van der Waals surface area contributed by atoms with Gasteiger partial charge in [-0.1, -0.05) is 35.3 Å². The minimum absolute atomic E-state index is 0.178. The maximum absolute atomic E-state index is 10.5. The van der Waals surface area contributed by atoms with E-state index < -0.39 is 0 Å². The highest BCUT2D eigenvalue weighted by Gasteiger charge is 2.28. The first-order chi connectivity index (χ1) is 14.6. The molecule has 2 heterocycles. The molecule has 0 spiro atoms. The summed E-state index contributed by atoms with van der Waals surface area (Å²) in [5.41, 5.74) is 3.56. The van der Waals surface area contributed by atoms with Gasteiger partial charge in [-0.05, 0) is 59.7 Å². The normalized spacial score (nSPS) is 20.1. The summed E-state index contributed by atoms with van der Waals surface area (Å²) < 4.78 is 11.0. The lowest BCUT2D eigenvalue weighted by molar-refractivity contribution is 0.174. The molecule has 0 aromatic heterocycles. The van der Waals surface area contributed by atoms with Gasteiger partial charge in [0, 0.05) is 33.8 Å². The van der Waals surface area contributed by atoms with E-state index in [0.717, 1.165) is 28.2 Å². The van der Waals surface area contributed by atoms with E-state index in [-0.39, 0.29) is 24.8 Å². The van der Waals surface area contributed by atoms with E-state index >= 15 is 0 Å². The topological polar surface area (TPSA) is 63.1 Å². The van der Waals surface area contributed by atoms with Crippen LogP contribution >= 0.6 is 23.2 Å². The van der Waals surface area contributed by atoms with Gasteiger partial charge in [-0.25, -0.2) is 0 Å². The third-order valence-corrected chi connectivity index (χ3v) is 5.79. The minimum atomic E-state index is -0.306. The van der Waals surface area contributed by atoms with Gasteiger partial charge in [-0.15, -0.1) is 0 Å². The fourth-order valence-electron chi connectivity index (χ4n) is 3.78. The second-order valence-electron chi connectivity index (χ2n) is 7.22. The van der Waals surface area contributed by atoms with E-state index in [9.17, 15) is 5.11 Å². The molecular weight excluding hydrogens is 423 g/mol. The zero-order chi connectivity index (χ0) is 20.7. The molecule has 0 unspecified atom stereocenters. The van der Waals surface area contributed by atoms with Gasteiger partial charge in [0.25, 0.3) is 0 Å². The van der Waals surface area contributed by atoms with Crippen LogP contribution in [0.25, 0.3) is 0 Å². The van der Waals surface area contributed by atoms with Gasteiger partial charge < -0.3 is 14.6 Å². The molecule has 2 aliphatic heterocycles. The van der Waals surface area contributed by atoms with Crippen LogP contribution in [-0.4, -0.2) is 17.6 Å². The Labute approximate surface area is 183 Å². The lowest BCUT2D eigenvalue weighted by atomic mass is 9.93. The summed E-state index contributed by atoms with van der Waals surface area (Å²) in [4.78, 5) is 4.96. The first-order valence-corrected chi connectivity index (χ1v) is 10.3. The lowest BCUT2D eigenvalue weighted by Gasteiger charge is -2.31. The van der Waals surface area contributed by atoms with E-state index in [1.54, 1.807) is 18.2 Å². The lowest BCUT2D eigenvalue weighted by Crippen LogP contribution is -2.33. The van der Waals surface area contributed by atoms with Crippen molar-refractivity contribution in [1.29, 1.82) is 0 Å². The zero-order valence-corrected chi connectivity index (χ0v) is 17.3.